The zero-order valence-corrected chi connectivity index (χ0v) is 17.4. The quantitative estimate of drug-likeness (QED) is 0.480. The maximum atomic E-state index is 13.2. The Morgan fingerprint density at radius 3 is 2.14 bits per heavy atom. The summed E-state index contributed by atoms with van der Waals surface area (Å²) in [6.07, 6.45) is 5.06. The van der Waals surface area contributed by atoms with Gasteiger partial charge in [0.15, 0.2) is 11.1 Å². The fourth-order valence-electron chi connectivity index (χ4n) is 3.65. The molecular weight excluding hydrogens is 413 g/mol. The Morgan fingerprint density at radius 1 is 1.03 bits per heavy atom. The highest BCUT2D eigenvalue weighted by Gasteiger charge is 2.36. The Morgan fingerprint density at radius 2 is 1.59 bits per heavy atom. The first-order chi connectivity index (χ1) is 13.9. The fourth-order valence-corrected chi connectivity index (χ4v) is 3.90. The van der Waals surface area contributed by atoms with Crippen LogP contribution in [0.2, 0.25) is 10.0 Å². The predicted molar refractivity (Wildman–Crippen MR) is 113 cm³/mol. The first-order valence-corrected chi connectivity index (χ1v) is 10.4. The van der Waals surface area contributed by atoms with Gasteiger partial charge in [0.25, 0.3) is 5.91 Å². The third-order valence-electron chi connectivity index (χ3n) is 5.15. The Kier molecular flexibility index (Phi) is 7.34. The van der Waals surface area contributed by atoms with Crippen LogP contribution < -0.4 is 5.32 Å². The number of rotatable bonds is 7. The van der Waals surface area contributed by atoms with E-state index in [1.807, 2.05) is 0 Å². The van der Waals surface area contributed by atoms with Gasteiger partial charge in [0.05, 0.1) is 0 Å². The van der Waals surface area contributed by atoms with Crippen molar-refractivity contribution in [3.05, 3.63) is 79.8 Å². The van der Waals surface area contributed by atoms with Gasteiger partial charge in [-0.2, -0.15) is 0 Å². The van der Waals surface area contributed by atoms with E-state index in [2.05, 4.69) is 5.32 Å². The number of halogens is 2. The van der Waals surface area contributed by atoms with Crippen molar-refractivity contribution in [2.45, 2.75) is 50.7 Å². The number of nitrogens with zero attached hydrogens (tertiary/aromatic N) is 2. The normalized spacial score (nSPS) is 15.5. The predicted octanol–water partition coefficient (Wildman–Crippen LogP) is 5.18. The van der Waals surface area contributed by atoms with Gasteiger partial charge in [-0.05, 0) is 48.2 Å². The number of amides is 1. The van der Waals surface area contributed by atoms with Crippen LogP contribution in [0.4, 0.5) is 0 Å². The monoisotopic (exact) mass is 435 g/mol. The van der Waals surface area contributed by atoms with E-state index in [9.17, 15) is 14.9 Å². The molecule has 2 aromatic carbocycles. The molecule has 1 N–H and O–H groups in total. The summed E-state index contributed by atoms with van der Waals surface area (Å²) in [6, 6.07) is 12.4. The van der Waals surface area contributed by atoms with Crippen LogP contribution in [0.15, 0.2) is 48.5 Å². The Bertz CT molecular complexity index is 837. The highest BCUT2D eigenvalue weighted by Crippen LogP contribution is 2.27. The van der Waals surface area contributed by atoms with E-state index in [4.69, 9.17) is 23.2 Å². The number of hydrogen-bond acceptors (Lipinski definition) is 3. The largest absolute Gasteiger partial charge is 0.351 e. The average Bonchev–Trinajstić information content (AvgIpc) is 2.71. The molecule has 1 unspecified atom stereocenters. The standard InChI is InChI=1S/C21H23Cl2N3O3/c22-17-10-6-15(7-11-17)14-25(26(28)29)20(16-8-12-18(23)13-9-16)21(27)24-19-4-2-1-3-5-19/h6-13,19-20H,1-5,14H2,(H,24,27). The van der Waals surface area contributed by atoms with Gasteiger partial charge >= 0.3 is 0 Å². The van der Waals surface area contributed by atoms with E-state index in [1.165, 1.54) is 0 Å². The van der Waals surface area contributed by atoms with E-state index in [0.717, 1.165) is 37.1 Å². The summed E-state index contributed by atoms with van der Waals surface area (Å²) in [4.78, 5) is 25.1. The summed E-state index contributed by atoms with van der Waals surface area (Å²) in [5.41, 5.74) is 1.21. The van der Waals surface area contributed by atoms with Crippen molar-refractivity contribution in [1.29, 1.82) is 0 Å². The molecule has 154 valence electrons. The van der Waals surface area contributed by atoms with Gasteiger partial charge in [0.1, 0.15) is 6.54 Å². The Labute approximate surface area is 179 Å². The first-order valence-electron chi connectivity index (χ1n) is 9.65. The first kappa shape index (κ1) is 21.4. The molecule has 1 atom stereocenters. The van der Waals surface area contributed by atoms with Crippen LogP contribution in [-0.2, 0) is 11.3 Å². The van der Waals surface area contributed by atoms with E-state index in [-0.39, 0.29) is 18.5 Å². The summed E-state index contributed by atoms with van der Waals surface area (Å²) >= 11 is 11.9. The Hall–Kier alpha value is -2.31. The lowest BCUT2D eigenvalue weighted by Gasteiger charge is -2.28. The van der Waals surface area contributed by atoms with Crippen LogP contribution >= 0.6 is 23.2 Å². The molecule has 1 aliphatic carbocycles. The molecule has 0 heterocycles. The molecule has 0 aromatic heterocycles. The number of hydrazine groups is 1. The van der Waals surface area contributed by atoms with Crippen LogP contribution in [0, 0.1) is 10.1 Å². The molecule has 0 saturated heterocycles. The number of nitrogens with one attached hydrogen (secondary N) is 1. The van der Waals surface area contributed by atoms with E-state index in [1.54, 1.807) is 48.5 Å². The second-order valence-electron chi connectivity index (χ2n) is 7.26. The number of benzene rings is 2. The molecule has 0 aliphatic heterocycles. The minimum absolute atomic E-state index is 0.0322. The molecule has 29 heavy (non-hydrogen) atoms. The average molecular weight is 436 g/mol. The lowest BCUT2D eigenvalue weighted by Crippen LogP contribution is -2.46. The number of carbonyl (C=O) groups excluding carboxylic acids is 1. The third-order valence-corrected chi connectivity index (χ3v) is 5.66. The van der Waals surface area contributed by atoms with Crippen molar-refractivity contribution in [2.24, 2.45) is 0 Å². The third kappa shape index (κ3) is 5.84. The minimum atomic E-state index is -1.07. The SMILES string of the molecule is O=C(NC1CCCCC1)C(c1ccc(Cl)cc1)N(Cc1ccc(Cl)cc1)[N+](=O)[O-]. The van der Waals surface area contributed by atoms with E-state index >= 15 is 0 Å². The maximum Gasteiger partial charge on any atom is 0.253 e. The molecule has 2 aromatic rings. The molecule has 0 spiro atoms. The van der Waals surface area contributed by atoms with Crippen LogP contribution in [0.3, 0.4) is 0 Å². The van der Waals surface area contributed by atoms with E-state index in [0.29, 0.717) is 21.2 Å². The second-order valence-corrected chi connectivity index (χ2v) is 8.13. The second kappa shape index (κ2) is 9.94. The molecule has 6 nitrogen and oxygen atoms in total. The van der Waals surface area contributed by atoms with Crippen molar-refractivity contribution in [1.82, 2.24) is 10.3 Å². The fraction of sp³-hybridized carbons (Fsp3) is 0.381. The van der Waals surface area contributed by atoms with Crippen LogP contribution in [0.5, 0.6) is 0 Å². The molecule has 1 fully saturated rings. The molecule has 1 saturated carbocycles. The minimum Gasteiger partial charge on any atom is -0.351 e. The summed E-state index contributed by atoms with van der Waals surface area (Å²) < 4.78 is 0. The molecule has 8 heteroatoms. The molecule has 1 aliphatic rings. The highest BCUT2D eigenvalue weighted by molar-refractivity contribution is 6.30. The molecular formula is C21H23Cl2N3O3. The number of nitro groups is 1. The number of carbonyl (C=O) groups is 1. The van der Waals surface area contributed by atoms with Gasteiger partial charge in [0.2, 0.25) is 0 Å². The summed E-state index contributed by atoms with van der Waals surface area (Å²) in [7, 11) is 0. The van der Waals surface area contributed by atoms with Crippen LogP contribution in [0.25, 0.3) is 0 Å². The van der Waals surface area contributed by atoms with Crippen LogP contribution in [-0.4, -0.2) is 22.0 Å². The lowest BCUT2D eigenvalue weighted by atomic mass is 9.95. The smallest absolute Gasteiger partial charge is 0.253 e. The van der Waals surface area contributed by atoms with Crippen LogP contribution in [0.1, 0.15) is 49.3 Å². The van der Waals surface area contributed by atoms with Crippen molar-refractivity contribution < 1.29 is 9.83 Å². The van der Waals surface area contributed by atoms with E-state index < -0.39 is 11.1 Å². The van der Waals surface area contributed by atoms with Gasteiger partial charge in [-0.1, -0.05) is 66.7 Å². The molecule has 0 radical (unpaired) electrons. The topological polar surface area (TPSA) is 75.5 Å². The Balaban J connectivity index is 1.89. The van der Waals surface area contributed by atoms with Crippen molar-refractivity contribution in [2.75, 3.05) is 0 Å². The van der Waals surface area contributed by atoms with Crippen molar-refractivity contribution in [3.63, 3.8) is 0 Å². The van der Waals surface area contributed by atoms with Gasteiger partial charge in [-0.3, -0.25) is 4.79 Å². The molecule has 3 rings (SSSR count). The zero-order valence-electron chi connectivity index (χ0n) is 15.9. The van der Waals surface area contributed by atoms with Gasteiger partial charge in [0, 0.05) is 16.1 Å². The zero-order chi connectivity index (χ0) is 20.8. The lowest BCUT2D eigenvalue weighted by molar-refractivity contribution is -0.666. The van der Waals surface area contributed by atoms with Gasteiger partial charge < -0.3 is 5.32 Å². The summed E-state index contributed by atoms with van der Waals surface area (Å²) in [6.45, 7) is -0.0322. The highest BCUT2D eigenvalue weighted by atomic mass is 35.5. The van der Waals surface area contributed by atoms with Gasteiger partial charge in [-0.25, -0.2) is 10.1 Å². The van der Waals surface area contributed by atoms with Gasteiger partial charge in [-0.15, -0.1) is 5.01 Å². The summed E-state index contributed by atoms with van der Waals surface area (Å²) in [5.74, 6) is -0.370. The molecule has 0 bridgehead atoms. The van der Waals surface area contributed by atoms with Crippen molar-refractivity contribution in [3.8, 4) is 0 Å². The van der Waals surface area contributed by atoms with Crippen molar-refractivity contribution >= 4 is 29.1 Å². The maximum absolute atomic E-state index is 13.2. The number of hydrogen-bond donors (Lipinski definition) is 1. The molecule has 1 amide bonds. The summed E-state index contributed by atoms with van der Waals surface area (Å²) in [5, 5.41) is 16.5.